The van der Waals surface area contributed by atoms with Crippen LogP contribution in [0.15, 0.2) is 60.7 Å². The van der Waals surface area contributed by atoms with Crippen molar-refractivity contribution < 1.29 is 14.3 Å². The highest BCUT2D eigenvalue weighted by atomic mass is 16.7. The Hall–Kier alpha value is -1.97. The summed E-state index contributed by atoms with van der Waals surface area (Å²) in [6, 6.07) is 18.7. The van der Waals surface area contributed by atoms with E-state index in [4.69, 9.17) is 9.47 Å². The highest BCUT2D eigenvalue weighted by molar-refractivity contribution is 6.03. The van der Waals surface area contributed by atoms with Crippen molar-refractivity contribution in [3.8, 4) is 0 Å². The van der Waals surface area contributed by atoms with Gasteiger partial charge in [0.25, 0.3) is 0 Å². The Bertz CT molecular complexity index is 594. The third-order valence-corrected chi connectivity index (χ3v) is 3.53. The van der Waals surface area contributed by atoms with E-state index in [0.717, 1.165) is 5.56 Å². The predicted molar refractivity (Wildman–Crippen MR) is 75.4 cm³/mol. The number of hydrogen-bond acceptors (Lipinski definition) is 3. The molecule has 2 aromatic carbocycles. The van der Waals surface area contributed by atoms with Crippen molar-refractivity contribution in [1.82, 2.24) is 0 Å². The van der Waals surface area contributed by atoms with Crippen LogP contribution < -0.4 is 0 Å². The summed E-state index contributed by atoms with van der Waals surface area (Å²) in [6.45, 7) is 2.05. The molecule has 2 aromatic rings. The molecule has 0 aromatic heterocycles. The summed E-state index contributed by atoms with van der Waals surface area (Å²) < 4.78 is 11.4. The van der Waals surface area contributed by atoms with Crippen molar-refractivity contribution >= 4 is 5.78 Å². The maximum absolute atomic E-state index is 12.9. The van der Waals surface area contributed by atoms with Crippen molar-refractivity contribution in [3.63, 3.8) is 0 Å². The maximum Gasteiger partial charge on any atom is 0.201 e. The molecule has 0 N–H and O–H groups in total. The van der Waals surface area contributed by atoms with Gasteiger partial charge in [0.15, 0.2) is 11.9 Å². The fourth-order valence-corrected chi connectivity index (χ4v) is 2.52. The van der Waals surface area contributed by atoms with Gasteiger partial charge in [-0.1, -0.05) is 60.7 Å². The van der Waals surface area contributed by atoms with Crippen molar-refractivity contribution in [2.75, 3.05) is 6.61 Å². The van der Waals surface area contributed by atoms with Gasteiger partial charge in [0.2, 0.25) is 5.78 Å². The lowest BCUT2D eigenvalue weighted by Gasteiger charge is -2.26. The Morgan fingerprint density at radius 2 is 1.65 bits per heavy atom. The minimum atomic E-state index is -1.04. The third kappa shape index (κ3) is 2.15. The average molecular weight is 268 g/mol. The fourth-order valence-electron chi connectivity index (χ4n) is 2.52. The van der Waals surface area contributed by atoms with Crippen LogP contribution in [-0.2, 0) is 15.1 Å². The maximum atomic E-state index is 12.9. The molecule has 0 radical (unpaired) electrons. The Kier molecular flexibility index (Phi) is 3.38. The van der Waals surface area contributed by atoms with E-state index < -0.39 is 5.60 Å². The lowest BCUT2D eigenvalue weighted by atomic mass is 9.86. The van der Waals surface area contributed by atoms with Gasteiger partial charge in [-0.2, -0.15) is 0 Å². The molecule has 0 spiro atoms. The number of rotatable bonds is 3. The SMILES string of the molecule is CC1OCC(C(=O)c2ccccc2)(c2ccccc2)O1. The summed E-state index contributed by atoms with van der Waals surface area (Å²) in [5.41, 5.74) is 0.425. The molecule has 2 unspecified atom stereocenters. The highest BCUT2D eigenvalue weighted by Gasteiger charge is 2.48. The quantitative estimate of drug-likeness (QED) is 0.802. The minimum Gasteiger partial charge on any atom is -0.349 e. The van der Waals surface area contributed by atoms with Crippen molar-refractivity contribution in [3.05, 3.63) is 71.8 Å². The van der Waals surface area contributed by atoms with Gasteiger partial charge in [-0.25, -0.2) is 0 Å². The van der Waals surface area contributed by atoms with Crippen LogP contribution in [0, 0.1) is 0 Å². The molecule has 0 aliphatic carbocycles. The molecule has 0 amide bonds. The summed E-state index contributed by atoms with van der Waals surface area (Å²) in [5.74, 6) is -0.0614. The van der Waals surface area contributed by atoms with Crippen LogP contribution >= 0.6 is 0 Å². The summed E-state index contributed by atoms with van der Waals surface area (Å²) in [6.07, 6.45) is -0.386. The Morgan fingerprint density at radius 3 is 2.20 bits per heavy atom. The minimum absolute atomic E-state index is 0.0614. The van der Waals surface area contributed by atoms with Gasteiger partial charge in [-0.3, -0.25) is 4.79 Å². The summed E-state index contributed by atoms with van der Waals surface area (Å²) >= 11 is 0. The molecule has 0 saturated carbocycles. The van der Waals surface area contributed by atoms with Crippen LogP contribution in [0.25, 0.3) is 0 Å². The molecule has 3 nitrogen and oxygen atoms in total. The number of hydrogen-bond donors (Lipinski definition) is 0. The van der Waals surface area contributed by atoms with E-state index in [1.807, 2.05) is 55.5 Å². The van der Waals surface area contributed by atoms with Crippen LogP contribution in [0.3, 0.4) is 0 Å². The molecule has 1 aliphatic rings. The third-order valence-electron chi connectivity index (χ3n) is 3.53. The van der Waals surface area contributed by atoms with Gasteiger partial charge in [-0.05, 0) is 12.5 Å². The lowest BCUT2D eigenvalue weighted by molar-refractivity contribution is -0.0671. The normalized spacial score (nSPS) is 25.6. The van der Waals surface area contributed by atoms with Crippen molar-refractivity contribution in [1.29, 1.82) is 0 Å². The Labute approximate surface area is 118 Å². The van der Waals surface area contributed by atoms with Crippen LogP contribution in [-0.4, -0.2) is 18.7 Å². The largest absolute Gasteiger partial charge is 0.349 e. The van der Waals surface area contributed by atoms with Gasteiger partial charge < -0.3 is 9.47 Å². The zero-order valence-corrected chi connectivity index (χ0v) is 11.3. The first-order valence-electron chi connectivity index (χ1n) is 6.67. The predicted octanol–water partition coefficient (Wildman–Crippen LogP) is 3.16. The van der Waals surface area contributed by atoms with Gasteiger partial charge in [0.05, 0.1) is 6.61 Å². The fraction of sp³-hybridized carbons (Fsp3) is 0.235. The number of ether oxygens (including phenoxy) is 2. The van der Waals surface area contributed by atoms with Gasteiger partial charge in [-0.15, -0.1) is 0 Å². The molecular formula is C17H16O3. The highest BCUT2D eigenvalue weighted by Crippen LogP contribution is 2.36. The van der Waals surface area contributed by atoms with Gasteiger partial charge in [0.1, 0.15) is 0 Å². The Balaban J connectivity index is 2.06. The van der Waals surface area contributed by atoms with Crippen LogP contribution in [0.2, 0.25) is 0 Å². The first-order chi connectivity index (χ1) is 9.72. The molecule has 0 bridgehead atoms. The van der Waals surface area contributed by atoms with E-state index in [0.29, 0.717) is 5.56 Å². The molecule has 1 saturated heterocycles. The number of carbonyl (C=O) groups is 1. The Morgan fingerprint density at radius 1 is 1.05 bits per heavy atom. The molecular weight excluding hydrogens is 252 g/mol. The number of Topliss-reactive ketones (excluding diaryl/α,β-unsaturated/α-hetero) is 1. The molecule has 102 valence electrons. The molecule has 1 fully saturated rings. The monoisotopic (exact) mass is 268 g/mol. The van der Waals surface area contributed by atoms with Crippen molar-refractivity contribution in [2.45, 2.75) is 18.8 Å². The van der Waals surface area contributed by atoms with Gasteiger partial charge in [0, 0.05) is 5.56 Å². The number of ketones is 1. The first-order valence-corrected chi connectivity index (χ1v) is 6.67. The average Bonchev–Trinajstić information content (AvgIpc) is 2.92. The molecule has 1 heterocycles. The first kappa shape index (κ1) is 13.0. The second kappa shape index (κ2) is 5.19. The zero-order chi connectivity index (χ0) is 14.0. The summed E-state index contributed by atoms with van der Waals surface area (Å²) in [5, 5.41) is 0. The topological polar surface area (TPSA) is 35.5 Å². The number of carbonyl (C=O) groups excluding carboxylic acids is 1. The molecule has 1 aliphatic heterocycles. The molecule has 3 rings (SSSR count). The van der Waals surface area contributed by atoms with Crippen LogP contribution in [0.1, 0.15) is 22.8 Å². The van der Waals surface area contributed by atoms with E-state index in [-0.39, 0.29) is 18.7 Å². The van der Waals surface area contributed by atoms with E-state index in [9.17, 15) is 4.79 Å². The summed E-state index contributed by atoms with van der Waals surface area (Å²) in [4.78, 5) is 12.9. The second-order valence-corrected chi connectivity index (χ2v) is 4.88. The van der Waals surface area contributed by atoms with E-state index in [1.165, 1.54) is 0 Å². The lowest BCUT2D eigenvalue weighted by Crippen LogP contribution is -2.38. The molecule has 20 heavy (non-hydrogen) atoms. The number of benzene rings is 2. The second-order valence-electron chi connectivity index (χ2n) is 4.88. The van der Waals surface area contributed by atoms with E-state index in [2.05, 4.69) is 0 Å². The summed E-state index contributed by atoms with van der Waals surface area (Å²) in [7, 11) is 0. The van der Waals surface area contributed by atoms with E-state index >= 15 is 0 Å². The van der Waals surface area contributed by atoms with Gasteiger partial charge >= 0.3 is 0 Å². The van der Waals surface area contributed by atoms with Crippen molar-refractivity contribution in [2.24, 2.45) is 0 Å². The van der Waals surface area contributed by atoms with E-state index in [1.54, 1.807) is 12.1 Å². The molecule has 2 atom stereocenters. The van der Waals surface area contributed by atoms with Crippen LogP contribution in [0.5, 0.6) is 0 Å². The zero-order valence-electron chi connectivity index (χ0n) is 11.3. The molecule has 3 heteroatoms. The van der Waals surface area contributed by atoms with Crippen LogP contribution in [0.4, 0.5) is 0 Å². The standard InChI is InChI=1S/C17H16O3/c1-13-19-12-17(20-13,15-10-6-3-7-11-15)16(18)14-8-4-2-5-9-14/h2-11,13H,12H2,1H3. The smallest absolute Gasteiger partial charge is 0.201 e.